The third-order valence-electron chi connectivity index (χ3n) is 3.32. The molecule has 0 radical (unpaired) electrons. The Morgan fingerprint density at radius 1 is 1.35 bits per heavy atom. The van der Waals surface area contributed by atoms with Gasteiger partial charge in [-0.25, -0.2) is 9.67 Å². The Morgan fingerprint density at radius 2 is 2.15 bits per heavy atom. The second kappa shape index (κ2) is 4.72. The molecule has 2 heterocycles. The summed E-state index contributed by atoms with van der Waals surface area (Å²) in [6.07, 6.45) is 1.53. The van der Waals surface area contributed by atoms with E-state index in [2.05, 4.69) is 10.1 Å². The number of ether oxygens (including phenoxy) is 1. The number of methoxy groups -OCH3 is 1. The zero-order valence-corrected chi connectivity index (χ0v) is 12.2. The highest BCUT2D eigenvalue weighted by Gasteiger charge is 2.21. The first-order valence-corrected chi connectivity index (χ1v) is 6.95. The van der Waals surface area contributed by atoms with Gasteiger partial charge in [-0.05, 0) is 24.6 Å². The quantitative estimate of drug-likeness (QED) is 0.695. The zero-order chi connectivity index (χ0) is 14.3. The van der Waals surface area contributed by atoms with E-state index in [9.17, 15) is 4.79 Å². The summed E-state index contributed by atoms with van der Waals surface area (Å²) in [4.78, 5) is 17.0. The van der Waals surface area contributed by atoms with Gasteiger partial charge in [0.25, 0.3) is 0 Å². The fourth-order valence-electron chi connectivity index (χ4n) is 2.28. The summed E-state index contributed by atoms with van der Waals surface area (Å²) in [5.41, 5.74) is 4.65. The van der Waals surface area contributed by atoms with Crippen LogP contribution in [0.1, 0.15) is 21.5 Å². The van der Waals surface area contributed by atoms with Crippen molar-refractivity contribution in [1.29, 1.82) is 0 Å². The van der Waals surface area contributed by atoms with E-state index in [4.69, 9.17) is 4.74 Å². The molecular weight excluding hydrogens is 274 g/mol. The van der Waals surface area contributed by atoms with E-state index in [0.717, 1.165) is 15.8 Å². The third kappa shape index (κ3) is 1.80. The van der Waals surface area contributed by atoms with E-state index in [0.29, 0.717) is 17.0 Å². The molecule has 0 atom stereocenters. The molecule has 5 nitrogen and oxygen atoms in total. The van der Waals surface area contributed by atoms with Crippen LogP contribution in [0.5, 0.6) is 5.88 Å². The Morgan fingerprint density at radius 3 is 2.90 bits per heavy atom. The second-order valence-corrected chi connectivity index (χ2v) is 5.34. The molecule has 20 heavy (non-hydrogen) atoms. The molecule has 6 heteroatoms. The van der Waals surface area contributed by atoms with Gasteiger partial charge < -0.3 is 4.74 Å². The van der Waals surface area contributed by atoms with Crippen LogP contribution in [0.15, 0.2) is 23.8 Å². The normalized spacial score (nSPS) is 10.9. The first-order valence-electron chi connectivity index (χ1n) is 6.07. The summed E-state index contributed by atoms with van der Waals surface area (Å²) in [7, 11) is 3.27. The molecule has 0 aliphatic rings. The maximum Gasteiger partial charge on any atom is 0.222 e. The molecule has 2 aromatic heterocycles. The summed E-state index contributed by atoms with van der Waals surface area (Å²) >= 11 is 1.57. The molecule has 3 rings (SSSR count). The van der Waals surface area contributed by atoms with Crippen molar-refractivity contribution in [1.82, 2.24) is 14.8 Å². The van der Waals surface area contributed by atoms with Crippen molar-refractivity contribution in [2.24, 2.45) is 7.05 Å². The predicted molar refractivity (Wildman–Crippen MR) is 77.5 cm³/mol. The number of carbonyl (C=O) groups is 1. The van der Waals surface area contributed by atoms with E-state index in [1.54, 1.807) is 28.6 Å². The molecule has 0 saturated heterocycles. The fourth-order valence-corrected chi connectivity index (χ4v) is 3.02. The molecule has 0 saturated carbocycles. The molecule has 3 aromatic rings. The van der Waals surface area contributed by atoms with Crippen LogP contribution in [-0.2, 0) is 7.05 Å². The molecule has 0 amide bonds. The lowest BCUT2D eigenvalue weighted by atomic mass is 10.00. The SMILES string of the molecule is COc1c(C(=O)c2ccc3scnc3c2C)cnn1C. The van der Waals surface area contributed by atoms with Crippen LogP contribution in [0.3, 0.4) is 0 Å². The highest BCUT2D eigenvalue weighted by molar-refractivity contribution is 7.16. The van der Waals surface area contributed by atoms with Crippen LogP contribution in [0.25, 0.3) is 10.2 Å². The smallest absolute Gasteiger partial charge is 0.222 e. The number of carbonyl (C=O) groups excluding carboxylic acids is 1. The minimum atomic E-state index is -0.0950. The van der Waals surface area contributed by atoms with E-state index in [-0.39, 0.29) is 5.78 Å². The van der Waals surface area contributed by atoms with Gasteiger partial charge in [0.1, 0.15) is 5.56 Å². The van der Waals surface area contributed by atoms with Gasteiger partial charge in [0, 0.05) is 12.6 Å². The van der Waals surface area contributed by atoms with Gasteiger partial charge in [-0.15, -0.1) is 11.3 Å². The number of fused-ring (bicyclic) bond motifs is 1. The highest BCUT2D eigenvalue weighted by atomic mass is 32.1. The van der Waals surface area contributed by atoms with Crippen molar-refractivity contribution < 1.29 is 9.53 Å². The van der Waals surface area contributed by atoms with Gasteiger partial charge in [0.2, 0.25) is 5.88 Å². The van der Waals surface area contributed by atoms with Gasteiger partial charge in [0.15, 0.2) is 5.78 Å². The lowest BCUT2D eigenvalue weighted by Gasteiger charge is -2.06. The molecule has 1 aromatic carbocycles. The number of hydrogen-bond donors (Lipinski definition) is 0. The second-order valence-electron chi connectivity index (χ2n) is 4.46. The van der Waals surface area contributed by atoms with Crippen molar-refractivity contribution >= 4 is 27.3 Å². The summed E-state index contributed by atoms with van der Waals surface area (Å²) in [6, 6.07) is 3.76. The van der Waals surface area contributed by atoms with E-state index in [1.165, 1.54) is 13.3 Å². The number of benzene rings is 1. The number of aryl methyl sites for hydroxylation is 2. The van der Waals surface area contributed by atoms with Gasteiger partial charge in [0.05, 0.1) is 29.0 Å². The number of hydrogen-bond acceptors (Lipinski definition) is 5. The largest absolute Gasteiger partial charge is 0.481 e. The van der Waals surface area contributed by atoms with Gasteiger partial charge in [-0.3, -0.25) is 4.79 Å². The van der Waals surface area contributed by atoms with Crippen LogP contribution in [0.4, 0.5) is 0 Å². The van der Waals surface area contributed by atoms with Gasteiger partial charge >= 0.3 is 0 Å². The van der Waals surface area contributed by atoms with Gasteiger partial charge in [-0.2, -0.15) is 5.10 Å². The number of rotatable bonds is 3. The highest BCUT2D eigenvalue weighted by Crippen LogP contribution is 2.27. The zero-order valence-electron chi connectivity index (χ0n) is 11.4. The summed E-state index contributed by atoms with van der Waals surface area (Å²) < 4.78 is 7.86. The van der Waals surface area contributed by atoms with E-state index >= 15 is 0 Å². The summed E-state index contributed by atoms with van der Waals surface area (Å²) in [5, 5.41) is 4.07. The van der Waals surface area contributed by atoms with E-state index in [1.807, 2.05) is 19.1 Å². The Hall–Kier alpha value is -2.21. The van der Waals surface area contributed by atoms with Crippen LogP contribution >= 0.6 is 11.3 Å². The first kappa shape index (κ1) is 12.8. The Balaban J connectivity index is 2.14. The van der Waals surface area contributed by atoms with Gasteiger partial charge in [-0.1, -0.05) is 0 Å². The number of thiazole rings is 1. The lowest BCUT2D eigenvalue weighted by Crippen LogP contribution is -2.06. The van der Waals surface area contributed by atoms with E-state index < -0.39 is 0 Å². The van der Waals surface area contributed by atoms with Crippen molar-refractivity contribution in [3.63, 3.8) is 0 Å². The molecule has 102 valence electrons. The molecule has 0 unspecified atom stereocenters. The van der Waals surface area contributed by atoms with Crippen LogP contribution in [0.2, 0.25) is 0 Å². The Kier molecular flexibility index (Phi) is 3.02. The Bertz CT molecular complexity index is 804. The molecule has 0 N–H and O–H groups in total. The van der Waals surface area contributed by atoms with Crippen LogP contribution < -0.4 is 4.74 Å². The lowest BCUT2D eigenvalue weighted by molar-refractivity contribution is 0.103. The molecule has 0 aliphatic carbocycles. The minimum absolute atomic E-state index is 0.0950. The minimum Gasteiger partial charge on any atom is -0.481 e. The molecule has 0 fully saturated rings. The van der Waals surface area contributed by atoms with Crippen molar-refractivity contribution in [2.45, 2.75) is 6.92 Å². The summed E-state index contributed by atoms with van der Waals surface area (Å²) in [5.74, 6) is 0.370. The summed E-state index contributed by atoms with van der Waals surface area (Å²) in [6.45, 7) is 1.91. The topological polar surface area (TPSA) is 57.0 Å². The Labute approximate surface area is 119 Å². The number of aromatic nitrogens is 3. The molecular formula is C14H13N3O2S. The fraction of sp³-hybridized carbons (Fsp3) is 0.214. The predicted octanol–water partition coefficient (Wildman–Crippen LogP) is 2.58. The van der Waals surface area contributed by atoms with Crippen molar-refractivity contribution in [3.8, 4) is 5.88 Å². The average Bonchev–Trinajstić information content (AvgIpc) is 3.05. The van der Waals surface area contributed by atoms with Crippen LogP contribution in [0, 0.1) is 6.92 Å². The number of nitrogens with zero attached hydrogens (tertiary/aromatic N) is 3. The average molecular weight is 287 g/mol. The molecule has 0 bridgehead atoms. The molecule has 0 aliphatic heterocycles. The van der Waals surface area contributed by atoms with Crippen molar-refractivity contribution in [2.75, 3.05) is 7.11 Å². The third-order valence-corrected chi connectivity index (χ3v) is 4.12. The first-order chi connectivity index (χ1) is 9.63. The maximum atomic E-state index is 12.7. The van der Waals surface area contributed by atoms with Crippen LogP contribution in [-0.4, -0.2) is 27.7 Å². The monoisotopic (exact) mass is 287 g/mol. The standard InChI is InChI=1S/C14H13N3O2S/c1-8-9(4-5-11-12(8)15-7-20-11)13(18)10-6-16-17(2)14(10)19-3/h4-7H,1-3H3. The molecule has 0 spiro atoms. The van der Waals surface area contributed by atoms with Crippen molar-refractivity contribution in [3.05, 3.63) is 40.5 Å². The number of ketones is 1. The maximum absolute atomic E-state index is 12.7.